The molecule has 2 N–H and O–H groups in total. The molecule has 0 rings (SSSR count). The standard InChI is InChI=1S/C22H51N5O2/c1-6-23(11-13-24(7-2)15-17-26(9-4)19-21-28)12-14-25(8-3)16-18-27(10-5)20-22-29/h28-29H,6-22H2,1-5H3. The molecule has 0 saturated heterocycles. The smallest absolute Gasteiger partial charge is 0.0558 e. The van der Waals surface area contributed by atoms with Crippen LogP contribution in [-0.2, 0) is 0 Å². The summed E-state index contributed by atoms with van der Waals surface area (Å²) >= 11 is 0. The van der Waals surface area contributed by atoms with Gasteiger partial charge in [-0.25, -0.2) is 0 Å². The van der Waals surface area contributed by atoms with Crippen LogP contribution >= 0.6 is 0 Å². The summed E-state index contributed by atoms with van der Waals surface area (Å²) in [5.41, 5.74) is 0. The topological polar surface area (TPSA) is 56.7 Å². The zero-order valence-electron chi connectivity index (χ0n) is 20.2. The lowest BCUT2D eigenvalue weighted by atomic mass is 10.3. The van der Waals surface area contributed by atoms with Crippen molar-refractivity contribution in [3.63, 3.8) is 0 Å². The molecule has 0 atom stereocenters. The quantitative estimate of drug-likeness (QED) is 0.283. The van der Waals surface area contributed by atoms with Crippen LogP contribution in [0.2, 0.25) is 0 Å². The number of aliphatic hydroxyl groups excluding tert-OH is 2. The Morgan fingerprint density at radius 2 is 0.517 bits per heavy atom. The Morgan fingerprint density at radius 1 is 0.345 bits per heavy atom. The van der Waals surface area contributed by atoms with Crippen LogP contribution in [0.15, 0.2) is 0 Å². The summed E-state index contributed by atoms with van der Waals surface area (Å²) in [4.78, 5) is 12.2. The highest BCUT2D eigenvalue weighted by Crippen LogP contribution is 1.98. The van der Waals surface area contributed by atoms with Gasteiger partial charge in [-0.15, -0.1) is 0 Å². The average molecular weight is 418 g/mol. The molecule has 0 bridgehead atoms. The van der Waals surface area contributed by atoms with Crippen LogP contribution in [0.3, 0.4) is 0 Å². The summed E-state index contributed by atoms with van der Waals surface area (Å²) < 4.78 is 0. The minimum atomic E-state index is 0.244. The van der Waals surface area contributed by atoms with Gasteiger partial charge in [-0.05, 0) is 32.7 Å². The summed E-state index contributed by atoms with van der Waals surface area (Å²) in [7, 11) is 0. The number of aliphatic hydroxyl groups is 2. The number of hydrogen-bond donors (Lipinski definition) is 2. The van der Waals surface area contributed by atoms with Gasteiger partial charge in [0.05, 0.1) is 13.2 Å². The van der Waals surface area contributed by atoms with E-state index in [1.807, 2.05) is 0 Å². The van der Waals surface area contributed by atoms with Gasteiger partial charge in [0, 0.05) is 65.4 Å². The summed E-state index contributed by atoms with van der Waals surface area (Å²) in [6, 6.07) is 0. The average Bonchev–Trinajstić information content (AvgIpc) is 2.75. The van der Waals surface area contributed by atoms with E-state index in [4.69, 9.17) is 10.2 Å². The van der Waals surface area contributed by atoms with E-state index in [1.165, 1.54) is 0 Å². The fourth-order valence-electron chi connectivity index (χ4n) is 3.55. The maximum absolute atomic E-state index is 9.15. The van der Waals surface area contributed by atoms with Gasteiger partial charge in [0.25, 0.3) is 0 Å². The van der Waals surface area contributed by atoms with Crippen LogP contribution in [0, 0.1) is 0 Å². The Balaban J connectivity index is 4.27. The highest BCUT2D eigenvalue weighted by atomic mass is 16.3. The molecule has 0 aromatic rings. The first kappa shape index (κ1) is 28.7. The van der Waals surface area contributed by atoms with E-state index in [-0.39, 0.29) is 13.2 Å². The molecule has 0 aliphatic carbocycles. The highest BCUT2D eigenvalue weighted by molar-refractivity contribution is 4.68. The second-order valence-electron chi connectivity index (χ2n) is 7.62. The van der Waals surface area contributed by atoms with Gasteiger partial charge < -0.3 is 34.7 Å². The van der Waals surface area contributed by atoms with Crippen LogP contribution in [0.4, 0.5) is 0 Å². The van der Waals surface area contributed by atoms with Gasteiger partial charge in [0.15, 0.2) is 0 Å². The number of likely N-dealkylation sites (N-methyl/N-ethyl adjacent to an activating group) is 5. The van der Waals surface area contributed by atoms with E-state index in [9.17, 15) is 0 Å². The van der Waals surface area contributed by atoms with E-state index in [1.54, 1.807) is 0 Å². The summed E-state index contributed by atoms with van der Waals surface area (Å²) in [6.07, 6.45) is 0. The SMILES string of the molecule is CCN(CCO)CCN(CC)CCN(CC)CCN(CC)CCN(CC)CCO. The Bertz CT molecular complexity index is 319. The lowest BCUT2D eigenvalue weighted by Gasteiger charge is -2.30. The van der Waals surface area contributed by atoms with Crippen LogP contribution in [0.1, 0.15) is 34.6 Å². The predicted octanol–water partition coefficient (Wildman–Crippen LogP) is 0.581. The Hall–Kier alpha value is -0.280. The predicted molar refractivity (Wildman–Crippen MR) is 125 cm³/mol. The van der Waals surface area contributed by atoms with Gasteiger partial charge in [-0.1, -0.05) is 34.6 Å². The lowest BCUT2D eigenvalue weighted by molar-refractivity contribution is 0.150. The van der Waals surface area contributed by atoms with Gasteiger partial charge >= 0.3 is 0 Å². The van der Waals surface area contributed by atoms with Crippen LogP contribution in [-0.4, -0.2) is 146 Å². The summed E-state index contributed by atoms with van der Waals surface area (Å²) in [5, 5.41) is 18.3. The molecule has 0 amide bonds. The third-order valence-corrected chi connectivity index (χ3v) is 6.00. The van der Waals surface area contributed by atoms with Crippen molar-refractivity contribution in [1.82, 2.24) is 24.5 Å². The molecule has 7 nitrogen and oxygen atoms in total. The highest BCUT2D eigenvalue weighted by Gasteiger charge is 2.11. The van der Waals surface area contributed by atoms with E-state index < -0.39 is 0 Å². The Labute approximate surface area is 181 Å². The summed E-state index contributed by atoms with van der Waals surface area (Å²) in [5.74, 6) is 0. The lowest BCUT2D eigenvalue weighted by Crippen LogP contribution is -2.43. The van der Waals surface area contributed by atoms with Crippen molar-refractivity contribution in [3.05, 3.63) is 0 Å². The molecule has 0 unspecified atom stereocenters. The summed E-state index contributed by atoms with van der Waals surface area (Å²) in [6.45, 7) is 27.0. The maximum atomic E-state index is 9.15. The molecule has 0 aliphatic rings. The molecule has 0 radical (unpaired) electrons. The van der Waals surface area contributed by atoms with Gasteiger partial charge in [0.2, 0.25) is 0 Å². The third-order valence-electron chi connectivity index (χ3n) is 6.00. The van der Waals surface area contributed by atoms with E-state index in [0.29, 0.717) is 0 Å². The van der Waals surface area contributed by atoms with Crippen molar-refractivity contribution in [2.45, 2.75) is 34.6 Å². The number of hydrogen-bond acceptors (Lipinski definition) is 7. The molecular formula is C22H51N5O2. The van der Waals surface area contributed by atoms with Gasteiger partial charge in [-0.3, -0.25) is 0 Å². The first-order valence-electron chi connectivity index (χ1n) is 11.9. The molecule has 7 heteroatoms. The zero-order valence-corrected chi connectivity index (χ0v) is 20.2. The molecule has 29 heavy (non-hydrogen) atoms. The van der Waals surface area contributed by atoms with Crippen molar-refractivity contribution in [1.29, 1.82) is 0 Å². The number of nitrogens with zero attached hydrogens (tertiary/aromatic N) is 5. The van der Waals surface area contributed by atoms with Gasteiger partial charge in [-0.2, -0.15) is 0 Å². The second kappa shape index (κ2) is 19.7. The Kier molecular flexibility index (Phi) is 19.5. The van der Waals surface area contributed by atoms with Gasteiger partial charge in [0.1, 0.15) is 0 Å². The van der Waals surface area contributed by atoms with Crippen LogP contribution in [0.25, 0.3) is 0 Å². The van der Waals surface area contributed by atoms with Crippen molar-refractivity contribution in [2.75, 3.05) is 111 Å². The minimum Gasteiger partial charge on any atom is -0.395 e. The molecule has 0 aromatic heterocycles. The first-order chi connectivity index (χ1) is 14.1. The van der Waals surface area contributed by atoms with Crippen LogP contribution < -0.4 is 0 Å². The molecule has 0 fully saturated rings. The molecule has 0 aromatic carbocycles. The van der Waals surface area contributed by atoms with E-state index in [2.05, 4.69) is 59.1 Å². The monoisotopic (exact) mass is 417 g/mol. The normalized spacial score (nSPS) is 12.4. The number of rotatable bonds is 21. The second-order valence-corrected chi connectivity index (χ2v) is 7.62. The largest absolute Gasteiger partial charge is 0.395 e. The Morgan fingerprint density at radius 3 is 0.655 bits per heavy atom. The first-order valence-corrected chi connectivity index (χ1v) is 11.9. The van der Waals surface area contributed by atoms with E-state index in [0.717, 1.165) is 98.2 Å². The minimum absolute atomic E-state index is 0.244. The molecule has 176 valence electrons. The maximum Gasteiger partial charge on any atom is 0.0558 e. The van der Waals surface area contributed by atoms with Crippen molar-refractivity contribution in [2.24, 2.45) is 0 Å². The molecule has 0 heterocycles. The van der Waals surface area contributed by atoms with Crippen molar-refractivity contribution in [3.8, 4) is 0 Å². The zero-order chi connectivity index (χ0) is 21.9. The fourth-order valence-corrected chi connectivity index (χ4v) is 3.55. The molecule has 0 saturated carbocycles. The van der Waals surface area contributed by atoms with E-state index >= 15 is 0 Å². The van der Waals surface area contributed by atoms with Crippen LogP contribution in [0.5, 0.6) is 0 Å². The van der Waals surface area contributed by atoms with Crippen molar-refractivity contribution < 1.29 is 10.2 Å². The molecule has 0 spiro atoms. The van der Waals surface area contributed by atoms with Crippen molar-refractivity contribution >= 4 is 0 Å². The molecular weight excluding hydrogens is 366 g/mol. The third kappa shape index (κ3) is 14.4. The molecule has 0 aliphatic heterocycles. The fraction of sp³-hybridized carbons (Fsp3) is 1.00.